The maximum absolute atomic E-state index is 3.77. The Morgan fingerprint density at radius 1 is 1.00 bits per heavy atom. The smallest absolute Gasteiger partial charge is 0.0125 e. The third-order valence-corrected chi connectivity index (χ3v) is 5.70. The van der Waals surface area contributed by atoms with Crippen LogP contribution in [0.3, 0.4) is 0 Å². The third kappa shape index (κ3) is 3.14. The monoisotopic (exact) mass is 265 g/mol. The first-order chi connectivity index (χ1) is 9.26. The quantitative estimate of drug-likeness (QED) is 0.839. The summed E-state index contributed by atoms with van der Waals surface area (Å²) in [5.41, 5.74) is 0. The zero-order valence-electron chi connectivity index (χ0n) is 12.8. The summed E-state index contributed by atoms with van der Waals surface area (Å²) in [7, 11) is 2.40. The van der Waals surface area contributed by atoms with Crippen LogP contribution in [0.4, 0.5) is 0 Å². The van der Waals surface area contributed by atoms with Crippen molar-refractivity contribution in [2.75, 3.05) is 26.7 Å². The number of piperidine rings is 2. The van der Waals surface area contributed by atoms with Gasteiger partial charge in [-0.15, -0.1) is 0 Å². The highest BCUT2D eigenvalue weighted by atomic mass is 15.2. The molecule has 0 aromatic heterocycles. The standard InChI is InChI=1S/C16H31N3/c1-3-8-19-9-6-15(7-10-19)18(2)16-11-13-4-5-14(12-16)17-13/h13-17H,3-12H2,1-2H3. The SMILES string of the molecule is CCCN1CCC(N(C)C2CC3CCC(C2)N3)CC1. The second-order valence-electron chi connectivity index (χ2n) is 7.00. The van der Waals surface area contributed by atoms with Crippen molar-refractivity contribution in [3.8, 4) is 0 Å². The van der Waals surface area contributed by atoms with Crippen LogP contribution in [-0.4, -0.2) is 60.6 Å². The molecule has 3 nitrogen and oxygen atoms in total. The van der Waals surface area contributed by atoms with Crippen molar-refractivity contribution in [3.63, 3.8) is 0 Å². The Kier molecular flexibility index (Phi) is 4.45. The summed E-state index contributed by atoms with van der Waals surface area (Å²) >= 11 is 0. The Balaban J connectivity index is 1.49. The predicted molar refractivity (Wildman–Crippen MR) is 80.5 cm³/mol. The number of rotatable bonds is 4. The van der Waals surface area contributed by atoms with Gasteiger partial charge in [0, 0.05) is 24.2 Å². The zero-order valence-corrected chi connectivity index (χ0v) is 12.8. The summed E-state index contributed by atoms with van der Waals surface area (Å²) in [6.07, 6.45) is 9.70. The van der Waals surface area contributed by atoms with Gasteiger partial charge in [0.25, 0.3) is 0 Å². The summed E-state index contributed by atoms with van der Waals surface area (Å²) in [5, 5.41) is 3.77. The molecule has 2 bridgehead atoms. The Bertz CT molecular complexity index is 274. The first kappa shape index (κ1) is 13.8. The van der Waals surface area contributed by atoms with Crippen LogP contribution in [0.5, 0.6) is 0 Å². The molecule has 0 aliphatic carbocycles. The molecule has 0 amide bonds. The molecule has 0 aromatic carbocycles. The number of hydrogen-bond acceptors (Lipinski definition) is 3. The average Bonchev–Trinajstić information content (AvgIpc) is 2.78. The van der Waals surface area contributed by atoms with Gasteiger partial charge in [-0.2, -0.15) is 0 Å². The van der Waals surface area contributed by atoms with E-state index < -0.39 is 0 Å². The molecule has 19 heavy (non-hydrogen) atoms. The molecule has 0 aromatic rings. The van der Waals surface area contributed by atoms with E-state index in [1.807, 2.05) is 0 Å². The number of hydrogen-bond donors (Lipinski definition) is 1. The normalized spacial score (nSPS) is 37.1. The van der Waals surface area contributed by atoms with Gasteiger partial charge in [0.05, 0.1) is 0 Å². The summed E-state index contributed by atoms with van der Waals surface area (Å²) in [6, 6.07) is 3.34. The molecule has 3 aliphatic heterocycles. The molecule has 1 N–H and O–H groups in total. The molecule has 110 valence electrons. The molecule has 2 atom stereocenters. The molecule has 0 radical (unpaired) electrons. The maximum atomic E-state index is 3.77. The fourth-order valence-corrected chi connectivity index (χ4v) is 4.52. The lowest BCUT2D eigenvalue weighted by Gasteiger charge is -2.43. The van der Waals surface area contributed by atoms with Gasteiger partial charge in [-0.1, -0.05) is 6.92 Å². The minimum atomic E-state index is 0.825. The third-order valence-electron chi connectivity index (χ3n) is 5.70. The summed E-state index contributed by atoms with van der Waals surface area (Å²) in [6.45, 7) is 6.23. The molecular weight excluding hydrogens is 234 g/mol. The lowest BCUT2D eigenvalue weighted by molar-refractivity contribution is 0.0740. The average molecular weight is 265 g/mol. The molecule has 0 spiro atoms. The molecule has 3 heteroatoms. The molecule has 0 saturated carbocycles. The summed E-state index contributed by atoms with van der Waals surface area (Å²) < 4.78 is 0. The predicted octanol–water partition coefficient (Wildman–Crippen LogP) is 2.08. The number of nitrogens with one attached hydrogen (secondary N) is 1. The largest absolute Gasteiger partial charge is 0.311 e. The fourth-order valence-electron chi connectivity index (χ4n) is 4.52. The van der Waals surface area contributed by atoms with Crippen molar-refractivity contribution in [1.82, 2.24) is 15.1 Å². The van der Waals surface area contributed by atoms with Crippen molar-refractivity contribution >= 4 is 0 Å². The van der Waals surface area contributed by atoms with E-state index in [4.69, 9.17) is 0 Å². The van der Waals surface area contributed by atoms with Gasteiger partial charge in [0.15, 0.2) is 0 Å². The molecule has 3 heterocycles. The first-order valence-corrected chi connectivity index (χ1v) is 8.46. The topological polar surface area (TPSA) is 18.5 Å². The highest BCUT2D eigenvalue weighted by molar-refractivity contribution is 4.96. The van der Waals surface area contributed by atoms with Crippen molar-refractivity contribution in [1.29, 1.82) is 0 Å². The second kappa shape index (κ2) is 6.11. The lowest BCUT2D eigenvalue weighted by Crippen LogP contribution is -2.52. The van der Waals surface area contributed by atoms with E-state index >= 15 is 0 Å². The zero-order chi connectivity index (χ0) is 13.2. The molecular formula is C16H31N3. The maximum Gasteiger partial charge on any atom is 0.0125 e. The van der Waals surface area contributed by atoms with Crippen molar-refractivity contribution in [3.05, 3.63) is 0 Å². The van der Waals surface area contributed by atoms with Crippen LogP contribution in [0.1, 0.15) is 51.9 Å². The molecule has 2 unspecified atom stereocenters. The Morgan fingerprint density at radius 2 is 1.63 bits per heavy atom. The van der Waals surface area contributed by atoms with E-state index in [-0.39, 0.29) is 0 Å². The first-order valence-electron chi connectivity index (χ1n) is 8.46. The summed E-state index contributed by atoms with van der Waals surface area (Å²) in [4.78, 5) is 5.39. The van der Waals surface area contributed by atoms with E-state index in [1.54, 1.807) is 0 Å². The van der Waals surface area contributed by atoms with Crippen LogP contribution >= 0.6 is 0 Å². The van der Waals surface area contributed by atoms with Crippen LogP contribution in [0, 0.1) is 0 Å². The Hall–Kier alpha value is -0.120. The van der Waals surface area contributed by atoms with Gasteiger partial charge in [-0.25, -0.2) is 0 Å². The second-order valence-corrected chi connectivity index (χ2v) is 7.00. The minimum Gasteiger partial charge on any atom is -0.311 e. The highest BCUT2D eigenvalue weighted by Crippen LogP contribution is 2.31. The highest BCUT2D eigenvalue weighted by Gasteiger charge is 2.37. The van der Waals surface area contributed by atoms with Crippen LogP contribution in [0.15, 0.2) is 0 Å². The minimum absolute atomic E-state index is 0.825. The number of fused-ring (bicyclic) bond motifs is 2. The molecule has 3 aliphatic rings. The van der Waals surface area contributed by atoms with Crippen LogP contribution in [0.25, 0.3) is 0 Å². The van der Waals surface area contributed by atoms with Gasteiger partial charge < -0.3 is 15.1 Å². The molecule has 3 saturated heterocycles. The van der Waals surface area contributed by atoms with E-state index in [9.17, 15) is 0 Å². The van der Waals surface area contributed by atoms with E-state index in [2.05, 4.69) is 29.1 Å². The van der Waals surface area contributed by atoms with Crippen molar-refractivity contribution in [2.45, 2.75) is 76.0 Å². The van der Waals surface area contributed by atoms with Gasteiger partial charge in [-0.3, -0.25) is 0 Å². The lowest BCUT2D eigenvalue weighted by atomic mass is 9.94. The van der Waals surface area contributed by atoms with Gasteiger partial charge in [0.1, 0.15) is 0 Å². The van der Waals surface area contributed by atoms with Gasteiger partial charge >= 0.3 is 0 Å². The van der Waals surface area contributed by atoms with E-state index in [1.165, 1.54) is 64.6 Å². The van der Waals surface area contributed by atoms with E-state index in [0.29, 0.717) is 0 Å². The van der Waals surface area contributed by atoms with Crippen LogP contribution in [0.2, 0.25) is 0 Å². The summed E-state index contributed by atoms with van der Waals surface area (Å²) in [5.74, 6) is 0. The molecule has 3 rings (SSSR count). The van der Waals surface area contributed by atoms with Crippen LogP contribution < -0.4 is 5.32 Å². The van der Waals surface area contributed by atoms with E-state index in [0.717, 1.165) is 24.2 Å². The number of nitrogens with zero attached hydrogens (tertiary/aromatic N) is 2. The number of likely N-dealkylation sites (tertiary alicyclic amines) is 1. The Morgan fingerprint density at radius 3 is 2.21 bits per heavy atom. The van der Waals surface area contributed by atoms with Crippen LogP contribution in [-0.2, 0) is 0 Å². The molecule has 3 fully saturated rings. The fraction of sp³-hybridized carbons (Fsp3) is 1.00. The van der Waals surface area contributed by atoms with Gasteiger partial charge in [-0.05, 0) is 71.6 Å². The van der Waals surface area contributed by atoms with Crippen molar-refractivity contribution < 1.29 is 0 Å². The van der Waals surface area contributed by atoms with Gasteiger partial charge in [0.2, 0.25) is 0 Å². The van der Waals surface area contributed by atoms with Crippen molar-refractivity contribution in [2.24, 2.45) is 0 Å². The Labute approximate surface area is 118 Å².